The van der Waals surface area contributed by atoms with E-state index in [1.165, 1.54) is 6.07 Å². The summed E-state index contributed by atoms with van der Waals surface area (Å²) < 4.78 is 0. The second-order valence-corrected chi connectivity index (χ2v) is 6.38. The lowest BCUT2D eigenvalue weighted by atomic mass is 10.0. The van der Waals surface area contributed by atoms with Crippen LogP contribution in [0.15, 0.2) is 52.7 Å². The Labute approximate surface area is 165 Å². The minimum absolute atomic E-state index is 0.0858. The van der Waals surface area contributed by atoms with Crippen LogP contribution in [0.5, 0.6) is 0 Å². The molecule has 0 saturated carbocycles. The highest BCUT2D eigenvalue weighted by Crippen LogP contribution is 2.26. The van der Waals surface area contributed by atoms with Crippen LogP contribution in [0.1, 0.15) is 28.5 Å². The lowest BCUT2D eigenvalue weighted by Gasteiger charge is -2.09. The van der Waals surface area contributed by atoms with Gasteiger partial charge < -0.3 is 21.8 Å². The van der Waals surface area contributed by atoms with Crippen molar-refractivity contribution in [1.29, 1.82) is 0 Å². The number of nitrogens with two attached hydrogens (primary N) is 2. The van der Waals surface area contributed by atoms with Crippen molar-refractivity contribution in [2.75, 3.05) is 5.32 Å². The van der Waals surface area contributed by atoms with Crippen LogP contribution in [0.3, 0.4) is 0 Å². The molecule has 29 heavy (non-hydrogen) atoms. The molecule has 3 aromatic rings. The topological polar surface area (TPSA) is 165 Å². The second-order valence-electron chi connectivity index (χ2n) is 6.38. The highest BCUT2D eigenvalue weighted by Gasteiger charge is 2.17. The van der Waals surface area contributed by atoms with Gasteiger partial charge in [0.25, 0.3) is 11.6 Å². The van der Waals surface area contributed by atoms with Crippen LogP contribution < -0.4 is 16.8 Å². The molecule has 0 spiro atoms. The summed E-state index contributed by atoms with van der Waals surface area (Å²) in [5.74, 6) is -0.544. The van der Waals surface area contributed by atoms with Crippen molar-refractivity contribution in [3.05, 3.63) is 69.4 Å². The average molecular weight is 393 g/mol. The summed E-state index contributed by atoms with van der Waals surface area (Å²) in [6, 6.07) is 11.5. The Morgan fingerprint density at radius 2 is 1.93 bits per heavy atom. The normalized spacial score (nSPS) is 11.3. The average Bonchev–Trinajstić information content (AvgIpc) is 3.10. The third-order valence-electron chi connectivity index (χ3n) is 4.27. The van der Waals surface area contributed by atoms with E-state index in [0.717, 1.165) is 11.1 Å². The van der Waals surface area contributed by atoms with E-state index in [1.54, 1.807) is 43.3 Å². The number of nitro benzene ring substituents is 1. The number of carbonyl (C=O) groups is 1. The summed E-state index contributed by atoms with van der Waals surface area (Å²) in [6.07, 6.45) is 0. The first-order valence-electron chi connectivity index (χ1n) is 8.58. The fourth-order valence-corrected chi connectivity index (χ4v) is 2.95. The van der Waals surface area contributed by atoms with Gasteiger partial charge in [0.05, 0.1) is 10.6 Å². The molecule has 0 aliphatic rings. The molecule has 0 atom stereocenters. The molecule has 1 aromatic heterocycles. The van der Waals surface area contributed by atoms with E-state index in [-0.39, 0.29) is 17.3 Å². The highest BCUT2D eigenvalue weighted by atomic mass is 16.6. The molecular weight excluding hydrogens is 374 g/mol. The van der Waals surface area contributed by atoms with Crippen LogP contribution >= 0.6 is 0 Å². The third-order valence-corrected chi connectivity index (χ3v) is 4.27. The van der Waals surface area contributed by atoms with Crippen LogP contribution in [0, 0.1) is 17.0 Å². The fraction of sp³-hybridized carbons (Fsp3) is 0.105. The van der Waals surface area contributed by atoms with E-state index in [2.05, 4.69) is 20.5 Å². The zero-order valence-electron chi connectivity index (χ0n) is 15.8. The van der Waals surface area contributed by atoms with Gasteiger partial charge in [0.15, 0.2) is 0 Å². The molecule has 0 radical (unpaired) electrons. The number of aromatic amines is 1. The van der Waals surface area contributed by atoms with Crippen molar-refractivity contribution in [2.45, 2.75) is 13.8 Å². The summed E-state index contributed by atoms with van der Waals surface area (Å²) in [5.41, 5.74) is 13.9. The van der Waals surface area contributed by atoms with Crippen molar-refractivity contribution < 1.29 is 9.72 Å². The summed E-state index contributed by atoms with van der Waals surface area (Å²) in [5, 5.41) is 22.1. The number of nitro groups is 1. The summed E-state index contributed by atoms with van der Waals surface area (Å²) >= 11 is 0. The van der Waals surface area contributed by atoms with Gasteiger partial charge in [0.2, 0.25) is 5.96 Å². The molecular formula is C19H19N7O3. The quantitative estimate of drug-likeness (QED) is 0.226. The molecule has 1 amide bonds. The van der Waals surface area contributed by atoms with Crippen molar-refractivity contribution in [2.24, 2.45) is 21.7 Å². The number of carbonyl (C=O) groups excluding carboxylic acids is 1. The first-order chi connectivity index (χ1) is 13.8. The number of hydrogen-bond donors (Lipinski definition) is 4. The number of amides is 1. The molecule has 6 N–H and O–H groups in total. The number of H-pyrrole nitrogens is 1. The van der Waals surface area contributed by atoms with E-state index in [1.807, 2.05) is 6.92 Å². The van der Waals surface area contributed by atoms with Crippen LogP contribution in [-0.4, -0.2) is 27.5 Å². The Kier molecular flexibility index (Phi) is 5.26. The number of para-hydroxylation sites is 1. The predicted molar refractivity (Wildman–Crippen MR) is 112 cm³/mol. The number of rotatable bonds is 5. The van der Waals surface area contributed by atoms with E-state index >= 15 is 0 Å². The number of fused-ring (bicyclic) bond motifs is 1. The maximum absolute atomic E-state index is 12.6. The number of anilines is 1. The molecule has 0 saturated heterocycles. The lowest BCUT2D eigenvalue weighted by Crippen LogP contribution is -2.22. The van der Waals surface area contributed by atoms with Crippen molar-refractivity contribution in [3.8, 4) is 0 Å². The molecule has 3 rings (SSSR count). The van der Waals surface area contributed by atoms with E-state index in [4.69, 9.17) is 11.5 Å². The van der Waals surface area contributed by atoms with Crippen LogP contribution in [0.2, 0.25) is 0 Å². The summed E-state index contributed by atoms with van der Waals surface area (Å²) in [6.45, 7) is 3.64. The number of guanidine groups is 1. The second kappa shape index (κ2) is 7.80. The van der Waals surface area contributed by atoms with Gasteiger partial charge in [-0.25, -0.2) is 0 Å². The minimum Gasteiger partial charge on any atom is -0.369 e. The van der Waals surface area contributed by atoms with Gasteiger partial charge in [-0.3, -0.25) is 14.9 Å². The molecule has 1 heterocycles. The van der Waals surface area contributed by atoms with E-state index < -0.39 is 10.8 Å². The summed E-state index contributed by atoms with van der Waals surface area (Å²) in [7, 11) is 0. The molecule has 148 valence electrons. The lowest BCUT2D eigenvalue weighted by molar-refractivity contribution is -0.383. The van der Waals surface area contributed by atoms with Gasteiger partial charge in [-0.05, 0) is 37.6 Å². The van der Waals surface area contributed by atoms with E-state index in [9.17, 15) is 14.9 Å². The van der Waals surface area contributed by atoms with Crippen molar-refractivity contribution >= 4 is 39.9 Å². The molecule has 2 aromatic carbocycles. The SMILES string of the molecule is C/C(=N/N=C(N)N)c1ccc(NC(=O)c2cc3cccc([N+](=O)[O-])c3[nH]2)cc1C. The van der Waals surface area contributed by atoms with Gasteiger partial charge in [0, 0.05) is 22.7 Å². The molecule has 10 heteroatoms. The Bertz CT molecular complexity index is 1170. The molecule has 0 fully saturated rings. The summed E-state index contributed by atoms with van der Waals surface area (Å²) in [4.78, 5) is 26.1. The number of nitrogens with one attached hydrogen (secondary N) is 2. The monoisotopic (exact) mass is 393 g/mol. The minimum atomic E-state index is -0.491. The van der Waals surface area contributed by atoms with Crippen LogP contribution in [0.25, 0.3) is 10.9 Å². The maximum atomic E-state index is 12.6. The van der Waals surface area contributed by atoms with Crippen molar-refractivity contribution in [1.82, 2.24) is 4.98 Å². The number of benzene rings is 2. The van der Waals surface area contributed by atoms with Crippen LogP contribution in [0.4, 0.5) is 11.4 Å². The maximum Gasteiger partial charge on any atom is 0.293 e. The number of aryl methyl sites for hydroxylation is 1. The number of non-ortho nitro benzene ring substituents is 1. The van der Waals surface area contributed by atoms with Gasteiger partial charge in [0.1, 0.15) is 11.2 Å². The fourth-order valence-electron chi connectivity index (χ4n) is 2.95. The molecule has 0 unspecified atom stereocenters. The first kappa shape index (κ1) is 19.5. The first-order valence-corrected chi connectivity index (χ1v) is 8.58. The van der Waals surface area contributed by atoms with Crippen molar-refractivity contribution in [3.63, 3.8) is 0 Å². The predicted octanol–water partition coefficient (Wildman–Crippen LogP) is 2.63. The Morgan fingerprint density at radius 1 is 1.17 bits per heavy atom. The molecule has 0 aliphatic carbocycles. The van der Waals surface area contributed by atoms with Gasteiger partial charge in [-0.2, -0.15) is 5.10 Å². The number of aromatic nitrogens is 1. The number of hydrogen-bond acceptors (Lipinski definition) is 5. The Balaban J connectivity index is 1.84. The van der Waals surface area contributed by atoms with Gasteiger partial charge >= 0.3 is 0 Å². The zero-order valence-corrected chi connectivity index (χ0v) is 15.8. The van der Waals surface area contributed by atoms with Gasteiger partial charge in [-0.15, -0.1) is 5.10 Å². The largest absolute Gasteiger partial charge is 0.369 e. The van der Waals surface area contributed by atoms with Crippen LogP contribution in [-0.2, 0) is 0 Å². The Morgan fingerprint density at radius 3 is 2.59 bits per heavy atom. The smallest absolute Gasteiger partial charge is 0.293 e. The zero-order chi connectivity index (χ0) is 21.1. The van der Waals surface area contributed by atoms with Gasteiger partial charge in [-0.1, -0.05) is 18.2 Å². The van der Waals surface area contributed by atoms with E-state index in [0.29, 0.717) is 22.3 Å². The highest BCUT2D eigenvalue weighted by molar-refractivity contribution is 6.07. The molecule has 0 aliphatic heterocycles. The molecule has 10 nitrogen and oxygen atoms in total. The number of nitrogens with zero attached hydrogens (tertiary/aromatic N) is 3. The molecule has 0 bridgehead atoms. The standard InChI is InChI=1S/C19H19N7O3/c1-10-8-13(6-7-14(10)11(2)24-25-19(20)21)22-18(27)15-9-12-4-3-5-16(26(28)29)17(12)23-15/h3-9,23H,1-2H3,(H,22,27)(H4,20,21,25)/b24-11-. The third kappa shape index (κ3) is 4.21. The Hall–Kier alpha value is -4.21.